The van der Waals surface area contributed by atoms with E-state index >= 15 is 0 Å². The van der Waals surface area contributed by atoms with Crippen LogP contribution in [0.5, 0.6) is 11.5 Å². The Morgan fingerprint density at radius 2 is 1.69 bits per heavy atom. The summed E-state index contributed by atoms with van der Waals surface area (Å²) in [4.78, 5) is 0. The molecule has 1 aromatic rings. The van der Waals surface area contributed by atoms with Gasteiger partial charge in [-0.2, -0.15) is 0 Å². The highest BCUT2D eigenvalue weighted by atomic mass is 19.1. The zero-order chi connectivity index (χ0) is 21.1. The molecule has 0 aliphatic heterocycles. The third-order valence-corrected chi connectivity index (χ3v) is 6.64. The van der Waals surface area contributed by atoms with Gasteiger partial charge in [0.2, 0.25) is 0 Å². The molecule has 0 aromatic heterocycles. The SMILES string of the molecule is C.CCCCCCC(C)(C)c1cc(O)c(C2C=C(C)C(F)C[C@H]2C(C)C)c(O)c1. The number of aromatic hydroxyl groups is 2. The maximum atomic E-state index is 14.3. The van der Waals surface area contributed by atoms with Crippen LogP contribution in [0.1, 0.15) is 105 Å². The molecule has 0 heterocycles. The molecule has 1 aromatic carbocycles. The van der Waals surface area contributed by atoms with Gasteiger partial charge in [-0.3, -0.25) is 0 Å². The van der Waals surface area contributed by atoms with Gasteiger partial charge in [0.25, 0.3) is 0 Å². The summed E-state index contributed by atoms with van der Waals surface area (Å²) in [5.41, 5.74) is 2.10. The lowest BCUT2D eigenvalue weighted by Crippen LogP contribution is -2.27. The largest absolute Gasteiger partial charge is 0.507 e. The number of hydrogen-bond acceptors (Lipinski definition) is 2. The molecule has 1 aliphatic carbocycles. The Morgan fingerprint density at radius 1 is 1.10 bits per heavy atom. The minimum atomic E-state index is -0.936. The summed E-state index contributed by atoms with van der Waals surface area (Å²) in [6, 6.07) is 3.63. The van der Waals surface area contributed by atoms with Gasteiger partial charge in [-0.25, -0.2) is 4.39 Å². The highest BCUT2D eigenvalue weighted by Crippen LogP contribution is 2.48. The number of rotatable bonds is 8. The molecule has 3 atom stereocenters. The number of benzene rings is 1. The molecule has 0 bridgehead atoms. The predicted molar refractivity (Wildman–Crippen MR) is 123 cm³/mol. The number of halogens is 1. The van der Waals surface area contributed by atoms with Crippen LogP contribution in [-0.2, 0) is 5.41 Å². The van der Waals surface area contributed by atoms with E-state index in [-0.39, 0.29) is 42.1 Å². The molecule has 2 rings (SSSR count). The molecule has 0 fully saturated rings. The summed E-state index contributed by atoms with van der Waals surface area (Å²) < 4.78 is 14.3. The minimum absolute atomic E-state index is 0. The molecule has 29 heavy (non-hydrogen) atoms. The number of unbranched alkanes of at least 4 members (excludes halogenated alkanes) is 3. The van der Waals surface area contributed by atoms with Crippen LogP contribution in [-0.4, -0.2) is 16.4 Å². The van der Waals surface area contributed by atoms with Crippen molar-refractivity contribution in [1.29, 1.82) is 0 Å². The van der Waals surface area contributed by atoms with Crippen molar-refractivity contribution in [2.45, 2.75) is 105 Å². The summed E-state index contributed by atoms with van der Waals surface area (Å²) in [5, 5.41) is 21.7. The summed E-state index contributed by atoms with van der Waals surface area (Å²) in [6.07, 6.45) is 7.23. The van der Waals surface area contributed by atoms with Gasteiger partial charge >= 0.3 is 0 Å². The molecule has 1 aliphatic rings. The minimum Gasteiger partial charge on any atom is -0.507 e. The highest BCUT2D eigenvalue weighted by molar-refractivity contribution is 5.52. The quantitative estimate of drug-likeness (QED) is 0.339. The Hall–Kier alpha value is -1.51. The zero-order valence-corrected chi connectivity index (χ0v) is 18.6. The maximum Gasteiger partial charge on any atom is 0.123 e. The van der Waals surface area contributed by atoms with Crippen LogP contribution in [0, 0.1) is 11.8 Å². The highest BCUT2D eigenvalue weighted by Gasteiger charge is 2.36. The molecule has 2 unspecified atom stereocenters. The molecule has 2 N–H and O–H groups in total. The first-order valence-electron chi connectivity index (χ1n) is 11.0. The van der Waals surface area contributed by atoms with E-state index in [9.17, 15) is 14.6 Å². The number of phenols is 2. The number of phenolic OH excluding ortho intramolecular Hbond substituents is 2. The summed E-state index contributed by atoms with van der Waals surface area (Å²) in [5.74, 6) is 0.431. The second-order valence-electron chi connectivity index (χ2n) is 9.67. The van der Waals surface area contributed by atoms with Gasteiger partial charge in [0.05, 0.1) is 0 Å². The molecule has 0 amide bonds. The summed E-state index contributed by atoms with van der Waals surface area (Å²) in [7, 11) is 0. The van der Waals surface area contributed by atoms with Crippen molar-refractivity contribution in [2.75, 3.05) is 0 Å². The molecule has 2 nitrogen and oxygen atoms in total. The molecular weight excluding hydrogens is 363 g/mol. The molecule has 0 radical (unpaired) electrons. The van der Waals surface area contributed by atoms with Gasteiger partial charge in [-0.05, 0) is 60.3 Å². The fraction of sp³-hybridized carbons (Fsp3) is 0.692. The molecule has 166 valence electrons. The van der Waals surface area contributed by atoms with Gasteiger partial charge in [-0.15, -0.1) is 0 Å². The predicted octanol–water partition coefficient (Wildman–Crippen LogP) is 8.03. The first kappa shape index (κ1) is 25.5. The number of alkyl halides is 1. The fourth-order valence-corrected chi connectivity index (χ4v) is 4.56. The first-order valence-corrected chi connectivity index (χ1v) is 11.0. The lowest BCUT2D eigenvalue weighted by atomic mass is 9.70. The third-order valence-electron chi connectivity index (χ3n) is 6.64. The van der Waals surface area contributed by atoms with E-state index in [2.05, 4.69) is 34.6 Å². The van der Waals surface area contributed by atoms with Gasteiger partial charge < -0.3 is 10.2 Å². The van der Waals surface area contributed by atoms with Crippen LogP contribution in [0.4, 0.5) is 4.39 Å². The van der Waals surface area contributed by atoms with Gasteiger partial charge in [0.1, 0.15) is 17.7 Å². The lowest BCUT2D eigenvalue weighted by molar-refractivity contribution is 0.222. The van der Waals surface area contributed by atoms with Crippen molar-refractivity contribution in [3.8, 4) is 11.5 Å². The normalized spacial score (nSPS) is 22.3. The van der Waals surface area contributed by atoms with Gasteiger partial charge in [-0.1, -0.05) is 73.8 Å². The van der Waals surface area contributed by atoms with Crippen LogP contribution >= 0.6 is 0 Å². The van der Waals surface area contributed by atoms with Crippen LogP contribution in [0.2, 0.25) is 0 Å². The van der Waals surface area contributed by atoms with Crippen molar-refractivity contribution in [2.24, 2.45) is 11.8 Å². The second kappa shape index (κ2) is 10.5. The van der Waals surface area contributed by atoms with Gasteiger partial charge in [0.15, 0.2) is 0 Å². The van der Waals surface area contributed by atoms with E-state index in [0.717, 1.165) is 18.4 Å². The average Bonchev–Trinajstić information content (AvgIpc) is 2.60. The average molecular weight is 407 g/mol. The van der Waals surface area contributed by atoms with E-state index in [1.807, 2.05) is 18.2 Å². The molecule has 0 spiro atoms. The topological polar surface area (TPSA) is 40.5 Å². The van der Waals surface area contributed by atoms with Crippen molar-refractivity contribution in [3.05, 3.63) is 34.9 Å². The number of allylic oxidation sites excluding steroid dienone is 2. The first-order chi connectivity index (χ1) is 13.1. The number of hydrogen-bond donors (Lipinski definition) is 2. The summed E-state index contributed by atoms with van der Waals surface area (Å²) in [6.45, 7) is 12.5. The Morgan fingerprint density at radius 3 is 2.21 bits per heavy atom. The second-order valence-corrected chi connectivity index (χ2v) is 9.67. The lowest BCUT2D eigenvalue weighted by Gasteiger charge is -2.35. The fourth-order valence-electron chi connectivity index (χ4n) is 4.56. The smallest absolute Gasteiger partial charge is 0.123 e. The van der Waals surface area contributed by atoms with Crippen molar-refractivity contribution >= 4 is 0 Å². The molecular formula is C26H43FO2. The van der Waals surface area contributed by atoms with Crippen LogP contribution < -0.4 is 0 Å². The van der Waals surface area contributed by atoms with Crippen LogP contribution in [0.3, 0.4) is 0 Å². The Kier molecular flexibility index (Phi) is 9.24. The van der Waals surface area contributed by atoms with E-state index < -0.39 is 6.17 Å². The van der Waals surface area contributed by atoms with Crippen molar-refractivity contribution < 1.29 is 14.6 Å². The van der Waals surface area contributed by atoms with Crippen LogP contribution in [0.15, 0.2) is 23.8 Å². The van der Waals surface area contributed by atoms with Gasteiger partial charge in [0, 0.05) is 11.5 Å². The van der Waals surface area contributed by atoms with E-state index in [1.54, 1.807) is 6.92 Å². The zero-order valence-electron chi connectivity index (χ0n) is 18.6. The standard InChI is InChI=1S/C25H39FO2.CH4/c1-7-8-9-10-11-25(5,6)18-13-22(27)24(23(28)14-18)20-12-17(4)21(26)15-19(20)16(2)3;/h12-14,16,19-21,27-28H,7-11,15H2,1-6H3;1H4/t19-,20?,21?;/m0./s1. The Labute approximate surface area is 178 Å². The van der Waals surface area contributed by atoms with E-state index in [0.29, 0.717) is 17.6 Å². The Balaban J connectivity index is 0.00000420. The van der Waals surface area contributed by atoms with E-state index in [1.165, 1.54) is 19.3 Å². The third kappa shape index (κ3) is 5.99. The monoisotopic (exact) mass is 406 g/mol. The Bertz CT molecular complexity index is 667. The summed E-state index contributed by atoms with van der Waals surface area (Å²) >= 11 is 0. The van der Waals surface area contributed by atoms with Crippen molar-refractivity contribution in [1.82, 2.24) is 0 Å². The van der Waals surface area contributed by atoms with Crippen LogP contribution in [0.25, 0.3) is 0 Å². The molecule has 0 saturated carbocycles. The van der Waals surface area contributed by atoms with E-state index in [4.69, 9.17) is 0 Å². The van der Waals surface area contributed by atoms with Crippen molar-refractivity contribution in [3.63, 3.8) is 0 Å². The maximum absolute atomic E-state index is 14.3. The molecule has 0 saturated heterocycles. The molecule has 3 heteroatoms.